The first-order valence-electron chi connectivity index (χ1n) is 8.14. The van der Waals surface area contributed by atoms with Gasteiger partial charge in [0.05, 0.1) is 28.2 Å². The Labute approximate surface area is 167 Å². The molecule has 1 aromatic carbocycles. The van der Waals surface area contributed by atoms with Crippen molar-refractivity contribution in [3.05, 3.63) is 33.5 Å². The molecule has 2 rings (SSSR count). The monoisotopic (exact) mass is 474 g/mol. The van der Waals surface area contributed by atoms with Crippen LogP contribution in [0.3, 0.4) is 0 Å². The van der Waals surface area contributed by atoms with Crippen molar-refractivity contribution in [3.63, 3.8) is 0 Å². The minimum Gasteiger partial charge on any atom is -0.490 e. The van der Waals surface area contributed by atoms with Crippen LogP contribution in [0.1, 0.15) is 39.3 Å². The molecular weight excluding hydrogens is 451 g/mol. The molecule has 0 radical (unpaired) electrons. The third kappa shape index (κ3) is 4.63. The van der Waals surface area contributed by atoms with E-state index >= 15 is 0 Å². The molecule has 1 aliphatic heterocycles. The molecule has 25 heavy (non-hydrogen) atoms. The summed E-state index contributed by atoms with van der Waals surface area (Å²) in [6.07, 6.45) is 0.0351. The van der Waals surface area contributed by atoms with Gasteiger partial charge in [0.25, 0.3) is 0 Å². The number of hydrogen-bond acceptors (Lipinski definition) is 4. The highest BCUT2D eigenvalue weighted by atomic mass is 127. The summed E-state index contributed by atoms with van der Waals surface area (Å²) >= 11 is 7.47. The fraction of sp³-hybridized carbons (Fsp3) is 0.444. The Balaban J connectivity index is 2.51. The summed E-state index contributed by atoms with van der Waals surface area (Å²) in [5.74, 6) is 0.995. The Morgan fingerprint density at radius 3 is 2.68 bits per heavy atom. The number of hydrogen-bond donors (Lipinski definition) is 2. The Morgan fingerprint density at radius 2 is 2.12 bits per heavy atom. The third-order valence-corrected chi connectivity index (χ3v) is 4.77. The fourth-order valence-corrected chi connectivity index (χ4v) is 3.83. The molecule has 2 N–H and O–H groups in total. The Bertz CT molecular complexity index is 706. The molecule has 0 aromatic heterocycles. The highest BCUT2D eigenvalue weighted by Crippen LogP contribution is 2.39. The van der Waals surface area contributed by atoms with E-state index in [2.05, 4.69) is 39.8 Å². The summed E-state index contributed by atoms with van der Waals surface area (Å²) in [7, 11) is 0. The van der Waals surface area contributed by atoms with E-state index in [0.717, 1.165) is 14.9 Å². The van der Waals surface area contributed by atoms with E-state index in [0.29, 0.717) is 23.2 Å². The Hall–Kier alpha value is -1.35. The maximum Gasteiger partial charge on any atom is 0.174 e. The van der Waals surface area contributed by atoms with Gasteiger partial charge in [-0.05, 0) is 80.2 Å². The molecule has 0 aliphatic carbocycles. The summed E-state index contributed by atoms with van der Waals surface area (Å²) in [4.78, 5) is 12.2. The first-order valence-corrected chi connectivity index (χ1v) is 9.62. The number of ether oxygens (including phenoxy) is 2. The summed E-state index contributed by atoms with van der Waals surface area (Å²) in [5, 5.41) is 6.60. The lowest BCUT2D eigenvalue weighted by Crippen LogP contribution is -2.50. The number of nitrogens with one attached hydrogen (secondary N) is 2. The van der Waals surface area contributed by atoms with Gasteiger partial charge in [-0.2, -0.15) is 0 Å². The van der Waals surface area contributed by atoms with Crippen LogP contribution in [0, 0.1) is 9.49 Å². The number of carbonyl (C=O) groups excluding carboxylic acids is 1. The average molecular weight is 474 g/mol. The number of carbonyl (C=O) groups is 1. The number of ketones is 1. The molecule has 0 spiro atoms. The number of benzene rings is 1. The van der Waals surface area contributed by atoms with Crippen molar-refractivity contribution in [3.8, 4) is 11.5 Å². The molecular formula is C18H23IN2O3S. The Morgan fingerprint density at radius 1 is 1.44 bits per heavy atom. The molecule has 136 valence electrons. The molecule has 1 aliphatic rings. The highest BCUT2D eigenvalue weighted by molar-refractivity contribution is 14.1. The van der Waals surface area contributed by atoms with Crippen LogP contribution in [0.25, 0.3) is 0 Å². The van der Waals surface area contributed by atoms with E-state index in [1.807, 2.05) is 32.9 Å². The summed E-state index contributed by atoms with van der Waals surface area (Å²) in [6, 6.07) is 3.62. The normalized spacial score (nSPS) is 20.1. The molecule has 2 unspecified atom stereocenters. The SMILES string of the molecule is C=C1NC(=S)NC(c2cc(I)c(OC(C)C)c(OCC)c2)C1C(C)=O. The van der Waals surface area contributed by atoms with Crippen LogP contribution in [0.4, 0.5) is 0 Å². The van der Waals surface area contributed by atoms with Gasteiger partial charge in [-0.3, -0.25) is 4.79 Å². The molecule has 0 bridgehead atoms. The fourth-order valence-electron chi connectivity index (χ4n) is 2.82. The van der Waals surface area contributed by atoms with Gasteiger partial charge in [-0.25, -0.2) is 0 Å². The van der Waals surface area contributed by atoms with Crippen molar-refractivity contribution in [2.24, 2.45) is 5.92 Å². The van der Waals surface area contributed by atoms with Crippen molar-refractivity contribution >= 4 is 45.7 Å². The minimum atomic E-state index is -0.408. The van der Waals surface area contributed by atoms with Gasteiger partial charge in [-0.15, -0.1) is 0 Å². The first-order chi connectivity index (χ1) is 11.7. The molecule has 1 heterocycles. The van der Waals surface area contributed by atoms with Crippen molar-refractivity contribution in [2.75, 3.05) is 6.61 Å². The molecule has 1 saturated heterocycles. The maximum atomic E-state index is 12.2. The van der Waals surface area contributed by atoms with Crippen LogP contribution in [-0.2, 0) is 4.79 Å². The zero-order chi connectivity index (χ0) is 18.7. The highest BCUT2D eigenvalue weighted by Gasteiger charge is 2.35. The molecule has 0 amide bonds. The third-order valence-electron chi connectivity index (χ3n) is 3.75. The van der Waals surface area contributed by atoms with E-state index < -0.39 is 5.92 Å². The van der Waals surface area contributed by atoms with Crippen molar-refractivity contribution in [1.29, 1.82) is 0 Å². The summed E-state index contributed by atoms with van der Waals surface area (Å²) in [5.41, 5.74) is 1.52. The van der Waals surface area contributed by atoms with Gasteiger partial charge in [-0.1, -0.05) is 6.58 Å². The second kappa shape index (κ2) is 8.35. The van der Waals surface area contributed by atoms with E-state index in [-0.39, 0.29) is 17.9 Å². The molecule has 1 fully saturated rings. The smallest absolute Gasteiger partial charge is 0.174 e. The maximum absolute atomic E-state index is 12.2. The van der Waals surface area contributed by atoms with E-state index in [1.54, 1.807) is 6.92 Å². The number of thiocarbonyl (C=S) groups is 1. The van der Waals surface area contributed by atoms with Crippen LogP contribution < -0.4 is 20.1 Å². The Kier molecular flexibility index (Phi) is 6.67. The van der Waals surface area contributed by atoms with Crippen LogP contribution in [-0.4, -0.2) is 23.6 Å². The van der Waals surface area contributed by atoms with Gasteiger partial charge in [0, 0.05) is 5.70 Å². The zero-order valence-electron chi connectivity index (χ0n) is 14.8. The lowest BCUT2D eigenvalue weighted by atomic mass is 9.86. The van der Waals surface area contributed by atoms with Gasteiger partial charge >= 0.3 is 0 Å². The van der Waals surface area contributed by atoms with Gasteiger partial charge in [0.15, 0.2) is 16.6 Å². The van der Waals surface area contributed by atoms with Crippen molar-refractivity contribution < 1.29 is 14.3 Å². The first kappa shape index (κ1) is 20.0. The van der Waals surface area contributed by atoms with Crippen molar-refractivity contribution in [2.45, 2.75) is 39.8 Å². The second-order valence-electron chi connectivity index (χ2n) is 6.12. The molecule has 5 nitrogen and oxygen atoms in total. The molecule has 0 saturated carbocycles. The van der Waals surface area contributed by atoms with Crippen molar-refractivity contribution in [1.82, 2.24) is 10.6 Å². The molecule has 7 heteroatoms. The minimum absolute atomic E-state index is 0.0213. The lowest BCUT2D eigenvalue weighted by Gasteiger charge is -2.35. The standard InChI is InChI=1S/C18H23IN2O3S/c1-6-23-14-8-12(7-13(19)17(14)24-9(2)3)16-15(11(5)22)10(4)20-18(25)21-16/h7-9,15-16H,4,6H2,1-3,5H3,(H2,20,21,25). The number of rotatable bonds is 6. The van der Waals surface area contributed by atoms with Crippen LogP contribution in [0.5, 0.6) is 11.5 Å². The van der Waals surface area contributed by atoms with Crippen LogP contribution in [0.2, 0.25) is 0 Å². The van der Waals surface area contributed by atoms with Crippen LogP contribution >= 0.6 is 34.8 Å². The number of halogens is 1. The van der Waals surface area contributed by atoms with Gasteiger partial charge < -0.3 is 20.1 Å². The predicted octanol–water partition coefficient (Wildman–Crippen LogP) is 3.71. The molecule has 2 atom stereocenters. The van der Waals surface area contributed by atoms with Gasteiger partial charge in [0.1, 0.15) is 5.78 Å². The lowest BCUT2D eigenvalue weighted by molar-refractivity contribution is -0.120. The largest absolute Gasteiger partial charge is 0.490 e. The number of Topliss-reactive ketones (excluding diaryl/α,β-unsaturated/α-hetero) is 1. The predicted molar refractivity (Wildman–Crippen MR) is 111 cm³/mol. The summed E-state index contributed by atoms with van der Waals surface area (Å²) in [6.45, 7) is 11.9. The second-order valence-corrected chi connectivity index (χ2v) is 7.69. The topological polar surface area (TPSA) is 59.6 Å². The van der Waals surface area contributed by atoms with E-state index in [4.69, 9.17) is 21.7 Å². The molecule has 1 aromatic rings. The van der Waals surface area contributed by atoms with E-state index in [1.165, 1.54) is 0 Å². The van der Waals surface area contributed by atoms with Crippen LogP contribution in [0.15, 0.2) is 24.4 Å². The quantitative estimate of drug-likeness (QED) is 0.485. The van der Waals surface area contributed by atoms with Gasteiger partial charge in [0.2, 0.25) is 0 Å². The zero-order valence-corrected chi connectivity index (χ0v) is 17.8. The van der Waals surface area contributed by atoms with E-state index in [9.17, 15) is 4.79 Å². The summed E-state index contributed by atoms with van der Waals surface area (Å²) < 4.78 is 12.6. The average Bonchev–Trinajstić information content (AvgIpc) is 2.49.